The van der Waals surface area contributed by atoms with Crippen molar-refractivity contribution in [1.82, 2.24) is 5.32 Å². The first-order chi connectivity index (χ1) is 6.91. The molecule has 0 aliphatic heterocycles. The Morgan fingerprint density at radius 3 is 2.20 bits per heavy atom. The Morgan fingerprint density at radius 2 is 1.73 bits per heavy atom. The van der Waals surface area contributed by atoms with Crippen molar-refractivity contribution >= 4 is 5.91 Å². The molecule has 2 fully saturated rings. The predicted molar refractivity (Wildman–Crippen MR) is 58.4 cm³/mol. The smallest absolute Gasteiger partial charge is 0.252 e. The van der Waals surface area contributed by atoms with E-state index in [0.717, 1.165) is 25.7 Å². The van der Waals surface area contributed by atoms with Crippen molar-refractivity contribution in [2.24, 2.45) is 5.41 Å². The summed E-state index contributed by atoms with van der Waals surface area (Å²) in [6.45, 7) is 4.55. The molecule has 0 saturated heterocycles. The van der Waals surface area contributed by atoms with E-state index in [4.69, 9.17) is 0 Å². The fourth-order valence-electron chi connectivity index (χ4n) is 2.21. The van der Waals surface area contributed by atoms with E-state index in [2.05, 4.69) is 19.2 Å². The van der Waals surface area contributed by atoms with E-state index in [1.807, 2.05) is 0 Å². The van der Waals surface area contributed by atoms with Crippen LogP contribution in [0, 0.1) is 5.41 Å². The van der Waals surface area contributed by atoms with Crippen LogP contribution >= 0.6 is 0 Å². The zero-order chi connectivity index (χ0) is 11.1. The molecule has 2 aliphatic carbocycles. The van der Waals surface area contributed by atoms with Crippen molar-refractivity contribution in [3.8, 4) is 0 Å². The highest BCUT2D eigenvalue weighted by Crippen LogP contribution is 2.37. The third kappa shape index (κ3) is 2.51. The van der Waals surface area contributed by atoms with E-state index in [0.29, 0.717) is 18.3 Å². The molecule has 0 aromatic rings. The normalized spacial score (nSPS) is 28.5. The Morgan fingerprint density at radius 1 is 1.20 bits per heavy atom. The van der Waals surface area contributed by atoms with Crippen molar-refractivity contribution in [1.29, 1.82) is 0 Å². The van der Waals surface area contributed by atoms with Crippen LogP contribution in [0.5, 0.6) is 0 Å². The van der Waals surface area contributed by atoms with Gasteiger partial charge in [-0.2, -0.15) is 0 Å². The highest BCUT2D eigenvalue weighted by atomic mass is 16.3. The van der Waals surface area contributed by atoms with Gasteiger partial charge in [-0.15, -0.1) is 0 Å². The fourth-order valence-corrected chi connectivity index (χ4v) is 2.21. The predicted octanol–water partition coefficient (Wildman–Crippen LogP) is 1.60. The molecule has 0 aromatic carbocycles. The lowest BCUT2D eigenvalue weighted by atomic mass is 9.75. The van der Waals surface area contributed by atoms with E-state index < -0.39 is 5.60 Å². The van der Waals surface area contributed by atoms with Gasteiger partial charge in [0.2, 0.25) is 0 Å². The van der Waals surface area contributed by atoms with Crippen LogP contribution in [-0.4, -0.2) is 22.7 Å². The second-order valence-corrected chi connectivity index (χ2v) is 5.94. The van der Waals surface area contributed by atoms with Crippen LogP contribution in [0.15, 0.2) is 0 Å². The molecule has 0 aromatic heterocycles. The molecule has 0 heterocycles. The van der Waals surface area contributed by atoms with Gasteiger partial charge in [-0.3, -0.25) is 4.79 Å². The number of rotatable bonds is 2. The average molecular weight is 211 g/mol. The maximum Gasteiger partial charge on any atom is 0.252 e. The number of hydrogen-bond acceptors (Lipinski definition) is 2. The van der Waals surface area contributed by atoms with Gasteiger partial charge in [-0.25, -0.2) is 0 Å². The van der Waals surface area contributed by atoms with Crippen LogP contribution in [-0.2, 0) is 4.79 Å². The molecule has 2 N–H and O–H groups in total. The molecule has 2 rings (SSSR count). The Kier molecular flexibility index (Phi) is 2.53. The monoisotopic (exact) mass is 211 g/mol. The first kappa shape index (κ1) is 10.9. The minimum atomic E-state index is -1.01. The summed E-state index contributed by atoms with van der Waals surface area (Å²) in [7, 11) is 0. The van der Waals surface area contributed by atoms with Crippen LogP contribution in [0.4, 0.5) is 0 Å². The molecule has 0 bridgehead atoms. The van der Waals surface area contributed by atoms with Gasteiger partial charge in [-0.05, 0) is 43.9 Å². The van der Waals surface area contributed by atoms with Crippen molar-refractivity contribution in [2.45, 2.75) is 64.0 Å². The third-order valence-electron chi connectivity index (χ3n) is 3.82. The minimum absolute atomic E-state index is 0.146. The summed E-state index contributed by atoms with van der Waals surface area (Å²) in [5, 5.41) is 12.6. The number of hydrogen-bond donors (Lipinski definition) is 2. The topological polar surface area (TPSA) is 49.3 Å². The SMILES string of the molecule is CC1(C)CCC(NC(=O)C2(O)CC2)CC1. The zero-order valence-corrected chi connectivity index (χ0v) is 9.68. The summed E-state index contributed by atoms with van der Waals surface area (Å²) >= 11 is 0. The minimum Gasteiger partial charge on any atom is -0.380 e. The van der Waals surface area contributed by atoms with Crippen molar-refractivity contribution in [3.05, 3.63) is 0 Å². The van der Waals surface area contributed by atoms with E-state index >= 15 is 0 Å². The molecule has 0 unspecified atom stereocenters. The number of carbonyl (C=O) groups excluding carboxylic acids is 1. The molecule has 86 valence electrons. The van der Waals surface area contributed by atoms with Crippen LogP contribution in [0.3, 0.4) is 0 Å². The lowest BCUT2D eigenvalue weighted by Gasteiger charge is -2.34. The standard InChI is InChI=1S/C12H21NO2/c1-11(2)5-3-9(4-6-11)13-10(14)12(15)7-8-12/h9,15H,3-8H2,1-2H3,(H,13,14). The van der Waals surface area contributed by atoms with Crippen molar-refractivity contribution in [3.63, 3.8) is 0 Å². The molecule has 2 saturated carbocycles. The number of amides is 1. The Balaban J connectivity index is 1.79. The Bertz CT molecular complexity index is 259. The maximum absolute atomic E-state index is 11.6. The molecular formula is C12H21NO2. The highest BCUT2D eigenvalue weighted by molar-refractivity contribution is 5.87. The number of nitrogens with one attached hydrogen (secondary N) is 1. The van der Waals surface area contributed by atoms with E-state index in [1.165, 1.54) is 0 Å². The lowest BCUT2D eigenvalue weighted by Crippen LogP contribution is -2.44. The molecular weight excluding hydrogens is 190 g/mol. The summed E-state index contributed by atoms with van der Waals surface area (Å²) < 4.78 is 0. The van der Waals surface area contributed by atoms with Gasteiger partial charge >= 0.3 is 0 Å². The largest absolute Gasteiger partial charge is 0.380 e. The Hall–Kier alpha value is -0.570. The lowest BCUT2D eigenvalue weighted by molar-refractivity contribution is -0.132. The summed E-state index contributed by atoms with van der Waals surface area (Å²) in [5.74, 6) is -0.146. The summed E-state index contributed by atoms with van der Waals surface area (Å²) in [4.78, 5) is 11.6. The fraction of sp³-hybridized carbons (Fsp3) is 0.917. The van der Waals surface area contributed by atoms with E-state index in [9.17, 15) is 9.90 Å². The van der Waals surface area contributed by atoms with Gasteiger partial charge in [-0.1, -0.05) is 13.8 Å². The van der Waals surface area contributed by atoms with E-state index in [-0.39, 0.29) is 11.9 Å². The molecule has 3 heteroatoms. The van der Waals surface area contributed by atoms with Gasteiger partial charge in [0, 0.05) is 6.04 Å². The first-order valence-electron chi connectivity index (χ1n) is 5.95. The molecule has 0 spiro atoms. The third-order valence-corrected chi connectivity index (χ3v) is 3.82. The summed E-state index contributed by atoms with van der Waals surface area (Å²) in [6, 6.07) is 0.287. The van der Waals surface area contributed by atoms with E-state index in [1.54, 1.807) is 0 Å². The molecule has 0 radical (unpaired) electrons. The molecule has 1 amide bonds. The van der Waals surface area contributed by atoms with Gasteiger partial charge in [0.05, 0.1) is 0 Å². The van der Waals surface area contributed by atoms with Gasteiger partial charge < -0.3 is 10.4 Å². The summed E-state index contributed by atoms with van der Waals surface area (Å²) in [6.07, 6.45) is 5.70. The second kappa shape index (κ2) is 3.48. The average Bonchev–Trinajstić information content (AvgIpc) is 2.89. The van der Waals surface area contributed by atoms with Crippen molar-refractivity contribution in [2.75, 3.05) is 0 Å². The van der Waals surface area contributed by atoms with Gasteiger partial charge in [0.1, 0.15) is 5.60 Å². The van der Waals surface area contributed by atoms with Gasteiger partial charge in [0.25, 0.3) is 5.91 Å². The zero-order valence-electron chi connectivity index (χ0n) is 9.68. The number of aliphatic hydroxyl groups is 1. The van der Waals surface area contributed by atoms with Gasteiger partial charge in [0.15, 0.2) is 0 Å². The first-order valence-corrected chi connectivity index (χ1v) is 5.95. The molecule has 15 heavy (non-hydrogen) atoms. The molecule has 0 atom stereocenters. The second-order valence-electron chi connectivity index (χ2n) is 5.94. The maximum atomic E-state index is 11.6. The van der Waals surface area contributed by atoms with Crippen LogP contribution in [0.2, 0.25) is 0 Å². The van der Waals surface area contributed by atoms with Crippen LogP contribution in [0.25, 0.3) is 0 Å². The van der Waals surface area contributed by atoms with Crippen LogP contribution in [0.1, 0.15) is 52.4 Å². The quantitative estimate of drug-likeness (QED) is 0.729. The van der Waals surface area contributed by atoms with Crippen LogP contribution < -0.4 is 5.32 Å². The Labute approximate surface area is 91.2 Å². The molecule has 2 aliphatic rings. The molecule has 3 nitrogen and oxygen atoms in total. The number of carbonyl (C=O) groups is 1. The van der Waals surface area contributed by atoms with Crippen molar-refractivity contribution < 1.29 is 9.90 Å². The highest BCUT2D eigenvalue weighted by Gasteiger charge is 2.48. The summed E-state index contributed by atoms with van der Waals surface area (Å²) in [5.41, 5.74) is -0.579.